The van der Waals surface area contributed by atoms with Crippen molar-refractivity contribution in [3.05, 3.63) is 35.6 Å². The van der Waals surface area contributed by atoms with Gasteiger partial charge in [0.25, 0.3) is 0 Å². The molecule has 2 fully saturated rings. The number of thioether (sulfide) groups is 1. The first kappa shape index (κ1) is 15.6. The molecule has 2 aliphatic rings. The molecule has 0 spiro atoms. The molecule has 6 heteroatoms. The second-order valence-electron chi connectivity index (χ2n) is 5.54. The SMILES string of the molecule is O=C(N1CCOCC1)N1CCSC(c2ccccc2F)CC1. The summed E-state index contributed by atoms with van der Waals surface area (Å²) in [5, 5.41) is 0.128. The average molecular weight is 324 g/mol. The zero-order valence-electron chi connectivity index (χ0n) is 12.5. The van der Waals surface area contributed by atoms with Gasteiger partial charge in [-0.15, -0.1) is 0 Å². The lowest BCUT2D eigenvalue weighted by molar-refractivity contribution is 0.0438. The molecule has 3 rings (SSSR count). The third kappa shape index (κ3) is 3.55. The van der Waals surface area contributed by atoms with Gasteiger partial charge in [0.1, 0.15) is 5.82 Å². The van der Waals surface area contributed by atoms with Crippen LogP contribution in [0, 0.1) is 5.82 Å². The molecule has 120 valence electrons. The van der Waals surface area contributed by atoms with Crippen LogP contribution in [0.1, 0.15) is 17.2 Å². The number of morpholine rings is 1. The van der Waals surface area contributed by atoms with Gasteiger partial charge in [-0.2, -0.15) is 11.8 Å². The number of carbonyl (C=O) groups is 1. The highest BCUT2D eigenvalue weighted by atomic mass is 32.2. The Morgan fingerprint density at radius 3 is 2.64 bits per heavy atom. The van der Waals surface area contributed by atoms with Crippen LogP contribution in [0.15, 0.2) is 24.3 Å². The standard InChI is InChI=1S/C16H21FN2O2S/c17-14-4-2-1-3-13(14)15-5-6-18(9-12-22-15)16(20)19-7-10-21-11-8-19/h1-4,15H,5-12H2. The summed E-state index contributed by atoms with van der Waals surface area (Å²) in [4.78, 5) is 16.3. The molecule has 2 amide bonds. The minimum Gasteiger partial charge on any atom is -0.378 e. The van der Waals surface area contributed by atoms with Gasteiger partial charge in [0.05, 0.1) is 13.2 Å². The molecule has 0 radical (unpaired) electrons. The molecule has 0 aliphatic carbocycles. The molecule has 0 N–H and O–H groups in total. The third-order valence-corrected chi connectivity index (χ3v) is 5.46. The number of hydrogen-bond acceptors (Lipinski definition) is 3. The number of benzene rings is 1. The number of rotatable bonds is 1. The van der Waals surface area contributed by atoms with Crippen LogP contribution in [-0.4, -0.2) is 61.0 Å². The van der Waals surface area contributed by atoms with Crippen LogP contribution in [0.4, 0.5) is 9.18 Å². The second-order valence-corrected chi connectivity index (χ2v) is 6.85. The van der Waals surface area contributed by atoms with E-state index >= 15 is 0 Å². The van der Waals surface area contributed by atoms with Gasteiger partial charge in [-0.3, -0.25) is 0 Å². The van der Waals surface area contributed by atoms with Crippen molar-refractivity contribution < 1.29 is 13.9 Å². The Labute approximate surface area is 134 Å². The topological polar surface area (TPSA) is 32.8 Å². The molecular formula is C16H21FN2O2S. The summed E-state index contributed by atoms with van der Waals surface area (Å²) in [5.41, 5.74) is 0.758. The highest BCUT2D eigenvalue weighted by Crippen LogP contribution is 2.35. The van der Waals surface area contributed by atoms with E-state index in [4.69, 9.17) is 4.74 Å². The van der Waals surface area contributed by atoms with Gasteiger partial charge in [0, 0.05) is 42.7 Å². The van der Waals surface area contributed by atoms with Crippen LogP contribution < -0.4 is 0 Å². The lowest BCUT2D eigenvalue weighted by Gasteiger charge is -2.32. The maximum absolute atomic E-state index is 13.9. The van der Waals surface area contributed by atoms with Crippen LogP contribution in [0.2, 0.25) is 0 Å². The molecule has 0 aromatic heterocycles. The van der Waals surface area contributed by atoms with Crippen LogP contribution in [-0.2, 0) is 4.74 Å². The number of urea groups is 1. The first-order chi connectivity index (χ1) is 10.8. The van der Waals surface area contributed by atoms with Gasteiger partial charge in [-0.25, -0.2) is 9.18 Å². The lowest BCUT2D eigenvalue weighted by Crippen LogP contribution is -2.48. The number of ether oxygens (including phenoxy) is 1. The Bertz CT molecular complexity index is 523. The second kappa shape index (κ2) is 7.33. The van der Waals surface area contributed by atoms with Crippen LogP contribution in [0.3, 0.4) is 0 Å². The average Bonchev–Trinajstić information content (AvgIpc) is 2.81. The summed E-state index contributed by atoms with van der Waals surface area (Å²) in [6.07, 6.45) is 0.793. The normalized spacial score (nSPS) is 23.2. The predicted octanol–water partition coefficient (Wildman–Crippen LogP) is 2.76. The van der Waals surface area contributed by atoms with Gasteiger partial charge in [0.15, 0.2) is 0 Å². The van der Waals surface area contributed by atoms with E-state index in [1.165, 1.54) is 6.07 Å². The largest absolute Gasteiger partial charge is 0.378 e. The summed E-state index contributed by atoms with van der Waals surface area (Å²) in [6.45, 7) is 3.98. The molecule has 1 aromatic rings. The van der Waals surface area contributed by atoms with Gasteiger partial charge in [-0.05, 0) is 12.5 Å². The van der Waals surface area contributed by atoms with Crippen LogP contribution >= 0.6 is 11.8 Å². The predicted molar refractivity (Wildman–Crippen MR) is 85.6 cm³/mol. The fourth-order valence-electron chi connectivity index (χ4n) is 2.90. The number of amides is 2. The maximum Gasteiger partial charge on any atom is 0.320 e. The molecule has 0 saturated carbocycles. The van der Waals surface area contributed by atoms with Gasteiger partial charge < -0.3 is 14.5 Å². The number of carbonyl (C=O) groups excluding carboxylic acids is 1. The first-order valence-electron chi connectivity index (χ1n) is 7.73. The quantitative estimate of drug-likeness (QED) is 0.796. The van der Waals surface area contributed by atoms with Crippen molar-refractivity contribution in [2.75, 3.05) is 45.1 Å². The van der Waals surface area contributed by atoms with Crippen molar-refractivity contribution in [3.8, 4) is 0 Å². The summed E-state index contributed by atoms with van der Waals surface area (Å²) in [5.74, 6) is 0.697. The fourth-order valence-corrected chi connectivity index (χ4v) is 4.15. The lowest BCUT2D eigenvalue weighted by atomic mass is 10.1. The minimum atomic E-state index is -0.145. The molecule has 2 aliphatic heterocycles. The van der Waals surface area contributed by atoms with E-state index in [2.05, 4.69) is 0 Å². The summed E-state index contributed by atoms with van der Waals surface area (Å²) < 4.78 is 19.2. The molecule has 1 unspecified atom stereocenters. The fraction of sp³-hybridized carbons (Fsp3) is 0.562. The Morgan fingerprint density at radius 2 is 1.86 bits per heavy atom. The Balaban J connectivity index is 1.62. The molecule has 2 saturated heterocycles. The van der Waals surface area contributed by atoms with Crippen molar-refractivity contribution in [1.29, 1.82) is 0 Å². The van der Waals surface area contributed by atoms with Crippen molar-refractivity contribution in [3.63, 3.8) is 0 Å². The Kier molecular flexibility index (Phi) is 5.20. The molecule has 1 aromatic carbocycles. The highest BCUT2D eigenvalue weighted by molar-refractivity contribution is 7.99. The van der Waals surface area contributed by atoms with Crippen LogP contribution in [0.25, 0.3) is 0 Å². The van der Waals surface area contributed by atoms with E-state index in [1.54, 1.807) is 17.8 Å². The van der Waals surface area contributed by atoms with Gasteiger partial charge >= 0.3 is 6.03 Å². The van der Waals surface area contributed by atoms with Crippen molar-refractivity contribution in [2.24, 2.45) is 0 Å². The Morgan fingerprint density at radius 1 is 1.14 bits per heavy atom. The van der Waals surface area contributed by atoms with Crippen molar-refractivity contribution in [1.82, 2.24) is 9.80 Å². The summed E-state index contributed by atoms with van der Waals surface area (Å²) in [7, 11) is 0. The number of hydrogen-bond donors (Lipinski definition) is 0. The highest BCUT2D eigenvalue weighted by Gasteiger charge is 2.27. The molecule has 4 nitrogen and oxygen atoms in total. The zero-order valence-corrected chi connectivity index (χ0v) is 13.4. The molecular weight excluding hydrogens is 303 g/mol. The Hall–Kier alpha value is -1.27. The van der Waals surface area contributed by atoms with Crippen LogP contribution in [0.5, 0.6) is 0 Å². The molecule has 0 bridgehead atoms. The molecule has 1 atom stereocenters. The maximum atomic E-state index is 13.9. The molecule has 2 heterocycles. The van der Waals surface area contributed by atoms with E-state index in [0.717, 1.165) is 24.3 Å². The van der Waals surface area contributed by atoms with E-state index in [0.29, 0.717) is 32.8 Å². The van der Waals surface area contributed by atoms with E-state index < -0.39 is 0 Å². The third-order valence-electron chi connectivity index (χ3n) is 4.15. The number of halogens is 1. The molecule has 22 heavy (non-hydrogen) atoms. The summed E-state index contributed by atoms with van der Waals surface area (Å²) in [6, 6.07) is 7.05. The van der Waals surface area contributed by atoms with Crippen molar-refractivity contribution >= 4 is 17.8 Å². The van der Waals surface area contributed by atoms with Gasteiger partial charge in [-0.1, -0.05) is 18.2 Å². The van der Waals surface area contributed by atoms with Gasteiger partial charge in [0.2, 0.25) is 0 Å². The van der Waals surface area contributed by atoms with E-state index in [-0.39, 0.29) is 17.1 Å². The minimum absolute atomic E-state index is 0.0954. The van der Waals surface area contributed by atoms with Crippen molar-refractivity contribution in [2.45, 2.75) is 11.7 Å². The van der Waals surface area contributed by atoms with E-state index in [1.807, 2.05) is 21.9 Å². The monoisotopic (exact) mass is 324 g/mol. The first-order valence-corrected chi connectivity index (χ1v) is 8.78. The van der Waals surface area contributed by atoms with E-state index in [9.17, 15) is 9.18 Å². The summed E-state index contributed by atoms with van der Waals surface area (Å²) >= 11 is 1.74. The number of nitrogens with zero attached hydrogens (tertiary/aromatic N) is 2. The zero-order chi connectivity index (χ0) is 15.4. The smallest absolute Gasteiger partial charge is 0.320 e.